The van der Waals surface area contributed by atoms with Crippen LogP contribution in [0.15, 0.2) is 90.5 Å². The molecule has 0 saturated carbocycles. The van der Waals surface area contributed by atoms with Crippen LogP contribution in [0.3, 0.4) is 0 Å². The topological polar surface area (TPSA) is 63.6 Å². The fourth-order valence-corrected chi connectivity index (χ4v) is 3.12. The van der Waals surface area contributed by atoms with Crippen LogP contribution in [0.25, 0.3) is 16.7 Å². The molecule has 0 unspecified atom stereocenters. The van der Waals surface area contributed by atoms with Crippen LogP contribution in [0, 0.1) is 0 Å². The number of methoxy groups -OCH3 is 1. The summed E-state index contributed by atoms with van der Waals surface area (Å²) in [6, 6.07) is 26.9. The molecule has 0 atom stereocenters. The van der Waals surface area contributed by atoms with Gasteiger partial charge in [0, 0.05) is 0 Å². The first-order valence-electron chi connectivity index (χ1n) is 8.84. The Morgan fingerprint density at radius 1 is 0.750 bits per heavy atom. The molecule has 0 radical (unpaired) electrons. The standard InChI is InChI=1S/C24H20O4/c1-28-24(27)21(16-22(25)26)23(19-10-6-3-7-11-19)20-14-12-18(13-15-20)17-8-4-2-5-9-17/h2-15H,16H2,1H3,(H,25,26)/b23-21-. The van der Waals surface area contributed by atoms with Crippen LogP contribution in [0.4, 0.5) is 0 Å². The molecule has 3 aromatic carbocycles. The Morgan fingerprint density at radius 2 is 1.25 bits per heavy atom. The highest BCUT2D eigenvalue weighted by Crippen LogP contribution is 2.31. The Kier molecular flexibility index (Phi) is 6.02. The molecule has 28 heavy (non-hydrogen) atoms. The Hall–Kier alpha value is -3.66. The SMILES string of the molecule is COC(=O)/C(CC(=O)O)=C(/c1ccccc1)c1ccc(-c2ccccc2)cc1. The molecule has 0 amide bonds. The highest BCUT2D eigenvalue weighted by atomic mass is 16.5. The van der Waals surface area contributed by atoms with Gasteiger partial charge in [-0.25, -0.2) is 4.79 Å². The molecular formula is C24H20O4. The van der Waals surface area contributed by atoms with Crippen molar-refractivity contribution in [3.63, 3.8) is 0 Å². The van der Waals surface area contributed by atoms with Gasteiger partial charge in [-0.05, 0) is 27.8 Å². The molecule has 4 nitrogen and oxygen atoms in total. The fraction of sp³-hybridized carbons (Fsp3) is 0.0833. The lowest BCUT2D eigenvalue weighted by Gasteiger charge is -2.15. The molecule has 0 spiro atoms. The molecule has 0 bridgehead atoms. The van der Waals surface area contributed by atoms with E-state index in [1.807, 2.05) is 84.9 Å². The minimum absolute atomic E-state index is 0.119. The van der Waals surface area contributed by atoms with Crippen molar-refractivity contribution in [3.8, 4) is 11.1 Å². The summed E-state index contributed by atoms with van der Waals surface area (Å²) in [4.78, 5) is 23.8. The zero-order valence-corrected chi connectivity index (χ0v) is 15.5. The van der Waals surface area contributed by atoms with Crippen LogP contribution in [0.2, 0.25) is 0 Å². The lowest BCUT2D eigenvalue weighted by Crippen LogP contribution is -2.12. The van der Waals surface area contributed by atoms with Crippen molar-refractivity contribution in [1.82, 2.24) is 0 Å². The Labute approximate surface area is 163 Å². The average molecular weight is 372 g/mol. The van der Waals surface area contributed by atoms with Gasteiger partial charge in [-0.15, -0.1) is 0 Å². The lowest BCUT2D eigenvalue weighted by atomic mass is 9.90. The maximum absolute atomic E-state index is 12.4. The van der Waals surface area contributed by atoms with E-state index >= 15 is 0 Å². The van der Waals surface area contributed by atoms with Crippen molar-refractivity contribution in [3.05, 3.63) is 102 Å². The van der Waals surface area contributed by atoms with Gasteiger partial charge in [0.2, 0.25) is 0 Å². The quantitative estimate of drug-likeness (QED) is 0.498. The van der Waals surface area contributed by atoms with E-state index in [2.05, 4.69) is 0 Å². The van der Waals surface area contributed by atoms with Gasteiger partial charge in [-0.3, -0.25) is 4.79 Å². The second-order valence-corrected chi connectivity index (χ2v) is 6.23. The van der Waals surface area contributed by atoms with Crippen molar-refractivity contribution in [2.24, 2.45) is 0 Å². The maximum atomic E-state index is 12.4. The average Bonchev–Trinajstić information content (AvgIpc) is 2.74. The van der Waals surface area contributed by atoms with Crippen molar-refractivity contribution in [2.75, 3.05) is 7.11 Å². The zero-order valence-electron chi connectivity index (χ0n) is 15.5. The highest BCUT2D eigenvalue weighted by Gasteiger charge is 2.21. The molecule has 0 heterocycles. The van der Waals surface area contributed by atoms with E-state index in [1.165, 1.54) is 7.11 Å². The molecule has 0 fully saturated rings. The molecule has 4 heteroatoms. The Balaban J connectivity index is 2.15. The van der Waals surface area contributed by atoms with Gasteiger partial charge in [0.15, 0.2) is 0 Å². The van der Waals surface area contributed by atoms with Gasteiger partial charge < -0.3 is 9.84 Å². The maximum Gasteiger partial charge on any atom is 0.334 e. The molecule has 0 saturated heterocycles. The zero-order chi connectivity index (χ0) is 19.9. The minimum Gasteiger partial charge on any atom is -0.481 e. The third kappa shape index (κ3) is 4.35. The first-order chi connectivity index (χ1) is 13.6. The minimum atomic E-state index is -1.09. The van der Waals surface area contributed by atoms with Gasteiger partial charge in [0.25, 0.3) is 0 Å². The smallest absolute Gasteiger partial charge is 0.334 e. The number of aliphatic carboxylic acids is 1. The number of rotatable bonds is 6. The highest BCUT2D eigenvalue weighted by molar-refractivity contribution is 6.04. The van der Waals surface area contributed by atoms with Gasteiger partial charge in [0.1, 0.15) is 0 Å². The normalized spacial score (nSPS) is 11.5. The molecule has 0 aromatic heterocycles. The van der Waals surface area contributed by atoms with Gasteiger partial charge >= 0.3 is 11.9 Å². The largest absolute Gasteiger partial charge is 0.481 e. The predicted octanol–water partition coefficient (Wildman–Crippen LogP) is 4.80. The summed E-state index contributed by atoms with van der Waals surface area (Å²) in [5.41, 5.74) is 4.32. The predicted molar refractivity (Wildman–Crippen MR) is 109 cm³/mol. The summed E-state index contributed by atoms with van der Waals surface area (Å²) in [7, 11) is 1.26. The number of carbonyl (C=O) groups is 2. The summed E-state index contributed by atoms with van der Waals surface area (Å²) >= 11 is 0. The van der Waals surface area contributed by atoms with E-state index in [0.29, 0.717) is 5.57 Å². The third-order valence-electron chi connectivity index (χ3n) is 4.40. The van der Waals surface area contributed by atoms with Crippen LogP contribution >= 0.6 is 0 Å². The molecule has 1 N–H and O–H groups in total. The van der Waals surface area contributed by atoms with E-state index in [-0.39, 0.29) is 5.57 Å². The number of benzene rings is 3. The van der Waals surface area contributed by atoms with Crippen LogP contribution in [-0.2, 0) is 14.3 Å². The first-order valence-corrected chi connectivity index (χ1v) is 8.84. The molecule has 140 valence electrons. The monoisotopic (exact) mass is 372 g/mol. The van der Waals surface area contributed by atoms with Crippen molar-refractivity contribution < 1.29 is 19.4 Å². The summed E-state index contributed by atoms with van der Waals surface area (Å²) < 4.78 is 4.87. The van der Waals surface area contributed by atoms with Crippen molar-refractivity contribution in [2.45, 2.75) is 6.42 Å². The second kappa shape index (κ2) is 8.82. The number of esters is 1. The summed E-state index contributed by atoms with van der Waals surface area (Å²) in [6.07, 6.45) is -0.419. The molecule has 3 aromatic rings. The van der Waals surface area contributed by atoms with E-state index in [9.17, 15) is 14.7 Å². The van der Waals surface area contributed by atoms with E-state index in [4.69, 9.17) is 4.74 Å². The number of hydrogen-bond donors (Lipinski definition) is 1. The van der Waals surface area contributed by atoms with Crippen LogP contribution in [0.5, 0.6) is 0 Å². The molecule has 0 aliphatic rings. The summed E-state index contributed by atoms with van der Waals surface area (Å²) in [5, 5.41) is 9.32. The van der Waals surface area contributed by atoms with Gasteiger partial charge in [-0.2, -0.15) is 0 Å². The number of carboxylic acids is 1. The first kappa shape index (κ1) is 19.1. The molecular weight excluding hydrogens is 352 g/mol. The molecule has 3 rings (SSSR count). The van der Waals surface area contributed by atoms with Crippen LogP contribution in [0.1, 0.15) is 17.5 Å². The Morgan fingerprint density at radius 3 is 1.79 bits per heavy atom. The summed E-state index contributed by atoms with van der Waals surface area (Å²) in [6.45, 7) is 0. The molecule has 0 aliphatic heterocycles. The van der Waals surface area contributed by atoms with Gasteiger partial charge in [0.05, 0.1) is 19.1 Å². The lowest BCUT2D eigenvalue weighted by molar-refractivity contribution is -0.141. The third-order valence-corrected chi connectivity index (χ3v) is 4.40. The number of carbonyl (C=O) groups excluding carboxylic acids is 1. The van der Waals surface area contributed by atoms with E-state index in [1.54, 1.807) is 0 Å². The van der Waals surface area contributed by atoms with Crippen molar-refractivity contribution in [1.29, 1.82) is 0 Å². The van der Waals surface area contributed by atoms with Gasteiger partial charge in [-0.1, -0.05) is 84.9 Å². The number of hydrogen-bond acceptors (Lipinski definition) is 3. The number of carboxylic acid groups (broad SMARTS) is 1. The fourth-order valence-electron chi connectivity index (χ4n) is 3.12. The van der Waals surface area contributed by atoms with Crippen LogP contribution in [-0.4, -0.2) is 24.2 Å². The van der Waals surface area contributed by atoms with E-state index in [0.717, 1.165) is 22.3 Å². The second-order valence-electron chi connectivity index (χ2n) is 6.23. The summed E-state index contributed by atoms with van der Waals surface area (Å²) in [5.74, 6) is -1.73. The van der Waals surface area contributed by atoms with Crippen molar-refractivity contribution >= 4 is 17.5 Å². The van der Waals surface area contributed by atoms with E-state index < -0.39 is 18.4 Å². The number of ether oxygens (including phenoxy) is 1. The Bertz CT molecular complexity index is 988. The van der Waals surface area contributed by atoms with Crippen LogP contribution < -0.4 is 0 Å². The molecule has 0 aliphatic carbocycles.